The van der Waals surface area contributed by atoms with Crippen molar-refractivity contribution in [1.29, 1.82) is 0 Å². The largest absolute Gasteiger partial charge is 0.325 e. The van der Waals surface area contributed by atoms with E-state index < -0.39 is 0 Å². The van der Waals surface area contributed by atoms with E-state index in [0.717, 1.165) is 38.0 Å². The molecule has 18 heavy (non-hydrogen) atoms. The highest BCUT2D eigenvalue weighted by atomic mass is 16.2. The third-order valence-corrected chi connectivity index (χ3v) is 4.68. The van der Waals surface area contributed by atoms with Crippen LogP contribution < -0.4 is 0 Å². The predicted octanol–water partition coefficient (Wildman–Crippen LogP) is 3.21. The molecular formula is C15H28N2O. The van der Waals surface area contributed by atoms with Gasteiger partial charge in [0.1, 0.15) is 0 Å². The molecule has 1 atom stereocenters. The summed E-state index contributed by atoms with van der Waals surface area (Å²) in [6.07, 6.45) is 4.83. The zero-order valence-electron chi connectivity index (χ0n) is 12.2. The van der Waals surface area contributed by atoms with Crippen LogP contribution in [0.15, 0.2) is 0 Å². The predicted molar refractivity (Wildman–Crippen MR) is 74.5 cm³/mol. The lowest BCUT2D eigenvalue weighted by atomic mass is 9.87. The molecule has 0 spiro atoms. The molecule has 0 aromatic heterocycles. The van der Waals surface area contributed by atoms with Gasteiger partial charge in [-0.3, -0.25) is 0 Å². The highest BCUT2D eigenvalue weighted by molar-refractivity contribution is 5.74. The van der Waals surface area contributed by atoms with Gasteiger partial charge < -0.3 is 9.80 Å². The molecular weight excluding hydrogens is 224 g/mol. The number of hydrogen-bond donors (Lipinski definition) is 0. The Kier molecular flexibility index (Phi) is 4.52. The van der Waals surface area contributed by atoms with E-state index >= 15 is 0 Å². The van der Waals surface area contributed by atoms with E-state index in [-0.39, 0.29) is 0 Å². The summed E-state index contributed by atoms with van der Waals surface area (Å²) in [5, 5.41) is 0. The third kappa shape index (κ3) is 3.18. The van der Waals surface area contributed by atoms with Crippen LogP contribution >= 0.6 is 0 Å². The van der Waals surface area contributed by atoms with E-state index in [0.29, 0.717) is 11.9 Å². The third-order valence-electron chi connectivity index (χ3n) is 4.68. The van der Waals surface area contributed by atoms with Gasteiger partial charge in [-0.15, -0.1) is 0 Å². The Bertz CT molecular complexity index is 282. The van der Waals surface area contributed by atoms with E-state index in [1.54, 1.807) is 0 Å². The van der Waals surface area contributed by atoms with Crippen molar-refractivity contribution in [3.05, 3.63) is 0 Å². The first-order valence-electron chi connectivity index (χ1n) is 7.61. The van der Waals surface area contributed by atoms with Crippen LogP contribution in [0, 0.1) is 17.8 Å². The van der Waals surface area contributed by atoms with E-state index in [1.807, 2.05) is 0 Å². The van der Waals surface area contributed by atoms with Gasteiger partial charge in [0, 0.05) is 26.2 Å². The Balaban J connectivity index is 1.83. The van der Waals surface area contributed by atoms with Crippen LogP contribution in [0.5, 0.6) is 0 Å². The van der Waals surface area contributed by atoms with Crippen LogP contribution in [0.4, 0.5) is 4.79 Å². The second-order valence-electron chi connectivity index (χ2n) is 6.54. The number of urea groups is 1. The van der Waals surface area contributed by atoms with Crippen molar-refractivity contribution >= 4 is 6.03 Å². The second-order valence-corrected chi connectivity index (χ2v) is 6.54. The molecule has 0 aromatic rings. The Morgan fingerprint density at radius 3 is 2.28 bits per heavy atom. The number of hydrogen-bond acceptors (Lipinski definition) is 1. The maximum absolute atomic E-state index is 12.4. The average Bonchev–Trinajstić information content (AvgIpc) is 2.38. The van der Waals surface area contributed by atoms with E-state index in [1.165, 1.54) is 25.7 Å². The lowest BCUT2D eigenvalue weighted by molar-refractivity contribution is 0.109. The number of piperidine rings is 2. The molecule has 3 heteroatoms. The standard InChI is InChI=1S/C15H28N2O/c1-12(2)14-6-9-16(10-7-14)15(18)17-8-4-5-13(3)11-17/h12-14H,4-11H2,1-3H3. The highest BCUT2D eigenvalue weighted by Crippen LogP contribution is 2.26. The van der Waals surface area contributed by atoms with Gasteiger partial charge in [-0.25, -0.2) is 4.79 Å². The molecule has 3 nitrogen and oxygen atoms in total. The Hall–Kier alpha value is -0.730. The van der Waals surface area contributed by atoms with Gasteiger partial charge in [-0.1, -0.05) is 20.8 Å². The Morgan fingerprint density at radius 1 is 1.06 bits per heavy atom. The highest BCUT2D eigenvalue weighted by Gasteiger charge is 2.29. The molecule has 0 N–H and O–H groups in total. The summed E-state index contributed by atoms with van der Waals surface area (Å²) in [5.41, 5.74) is 0. The molecule has 2 aliphatic rings. The van der Waals surface area contributed by atoms with Crippen LogP contribution in [-0.4, -0.2) is 42.0 Å². The lowest BCUT2D eigenvalue weighted by Crippen LogP contribution is -2.49. The normalized spacial score (nSPS) is 26.8. The number of amides is 2. The summed E-state index contributed by atoms with van der Waals surface area (Å²) in [4.78, 5) is 16.6. The minimum atomic E-state index is 0.295. The van der Waals surface area contributed by atoms with Crippen molar-refractivity contribution in [1.82, 2.24) is 9.80 Å². The Labute approximate surface area is 112 Å². The van der Waals surface area contributed by atoms with Gasteiger partial charge in [0.15, 0.2) is 0 Å². The molecule has 2 aliphatic heterocycles. The summed E-state index contributed by atoms with van der Waals surface area (Å²) in [6.45, 7) is 10.7. The first-order valence-corrected chi connectivity index (χ1v) is 7.61. The minimum absolute atomic E-state index is 0.295. The molecule has 2 fully saturated rings. The monoisotopic (exact) mass is 252 g/mol. The van der Waals surface area contributed by atoms with Crippen molar-refractivity contribution in [2.75, 3.05) is 26.2 Å². The van der Waals surface area contributed by atoms with Crippen molar-refractivity contribution in [3.63, 3.8) is 0 Å². The molecule has 2 rings (SSSR count). The molecule has 1 unspecified atom stereocenters. The maximum atomic E-state index is 12.4. The van der Waals surface area contributed by atoms with Gasteiger partial charge in [0.2, 0.25) is 0 Å². The molecule has 0 bridgehead atoms. The first-order chi connectivity index (χ1) is 8.58. The average molecular weight is 252 g/mol. The van der Waals surface area contributed by atoms with E-state index in [9.17, 15) is 4.79 Å². The van der Waals surface area contributed by atoms with Gasteiger partial charge >= 0.3 is 6.03 Å². The topological polar surface area (TPSA) is 23.6 Å². The molecule has 0 saturated carbocycles. The van der Waals surface area contributed by atoms with E-state index in [4.69, 9.17) is 0 Å². The van der Waals surface area contributed by atoms with Crippen LogP contribution in [0.2, 0.25) is 0 Å². The lowest BCUT2D eigenvalue weighted by Gasteiger charge is -2.39. The summed E-state index contributed by atoms with van der Waals surface area (Å²) in [5.74, 6) is 2.25. The minimum Gasteiger partial charge on any atom is -0.325 e. The summed E-state index contributed by atoms with van der Waals surface area (Å²) >= 11 is 0. The van der Waals surface area contributed by atoms with Crippen LogP contribution in [0.3, 0.4) is 0 Å². The fourth-order valence-corrected chi connectivity index (χ4v) is 3.32. The van der Waals surface area contributed by atoms with Crippen LogP contribution in [0.25, 0.3) is 0 Å². The summed E-state index contributed by atoms with van der Waals surface area (Å²) in [7, 11) is 0. The molecule has 2 heterocycles. The smallest absolute Gasteiger partial charge is 0.320 e. The van der Waals surface area contributed by atoms with Gasteiger partial charge in [-0.2, -0.15) is 0 Å². The summed E-state index contributed by atoms with van der Waals surface area (Å²) < 4.78 is 0. The van der Waals surface area contributed by atoms with Crippen molar-refractivity contribution < 1.29 is 4.79 Å². The molecule has 2 amide bonds. The van der Waals surface area contributed by atoms with Gasteiger partial charge in [-0.05, 0) is 43.4 Å². The molecule has 0 aliphatic carbocycles. The molecule has 104 valence electrons. The van der Waals surface area contributed by atoms with Crippen molar-refractivity contribution in [3.8, 4) is 0 Å². The van der Waals surface area contributed by atoms with Crippen LogP contribution in [0.1, 0.15) is 46.5 Å². The molecule has 0 aromatic carbocycles. The van der Waals surface area contributed by atoms with Crippen molar-refractivity contribution in [2.45, 2.75) is 46.5 Å². The number of likely N-dealkylation sites (tertiary alicyclic amines) is 2. The van der Waals surface area contributed by atoms with Crippen molar-refractivity contribution in [2.24, 2.45) is 17.8 Å². The molecule has 2 saturated heterocycles. The maximum Gasteiger partial charge on any atom is 0.320 e. The zero-order valence-corrected chi connectivity index (χ0v) is 12.2. The zero-order chi connectivity index (χ0) is 13.1. The number of nitrogens with zero attached hydrogens (tertiary/aromatic N) is 2. The molecule has 0 radical (unpaired) electrons. The van der Waals surface area contributed by atoms with E-state index in [2.05, 4.69) is 30.6 Å². The number of carbonyl (C=O) groups excluding carboxylic acids is 1. The number of carbonyl (C=O) groups is 1. The fourth-order valence-electron chi connectivity index (χ4n) is 3.32. The quantitative estimate of drug-likeness (QED) is 0.703. The Morgan fingerprint density at radius 2 is 1.72 bits per heavy atom. The van der Waals surface area contributed by atoms with Crippen LogP contribution in [-0.2, 0) is 0 Å². The second kappa shape index (κ2) is 5.94. The SMILES string of the molecule is CC1CCCN(C(=O)N2CCC(C(C)C)CC2)C1. The number of rotatable bonds is 1. The first kappa shape index (κ1) is 13.7. The van der Waals surface area contributed by atoms with Gasteiger partial charge in [0.25, 0.3) is 0 Å². The van der Waals surface area contributed by atoms with Gasteiger partial charge in [0.05, 0.1) is 0 Å². The fraction of sp³-hybridized carbons (Fsp3) is 0.933. The summed E-state index contributed by atoms with van der Waals surface area (Å²) in [6, 6.07) is 0.295.